The Labute approximate surface area is 280 Å². The van der Waals surface area contributed by atoms with Crippen molar-refractivity contribution in [3.63, 3.8) is 0 Å². The minimum Gasteiger partial charge on any atom is -0.461 e. The van der Waals surface area contributed by atoms with Gasteiger partial charge >= 0.3 is 6.01 Å². The van der Waals surface area contributed by atoms with Crippen LogP contribution in [0, 0.1) is 5.82 Å². The van der Waals surface area contributed by atoms with Crippen LogP contribution < -0.4 is 15.0 Å². The quantitative estimate of drug-likeness (QED) is 0.277. The summed E-state index contributed by atoms with van der Waals surface area (Å²) >= 11 is 6.78. The van der Waals surface area contributed by atoms with Gasteiger partial charge in [-0.15, -0.1) is 0 Å². The molecule has 9 rings (SSSR count). The Morgan fingerprint density at radius 1 is 1.10 bits per heavy atom. The van der Waals surface area contributed by atoms with Gasteiger partial charge in [0.05, 0.1) is 28.2 Å². The van der Waals surface area contributed by atoms with E-state index in [0.717, 1.165) is 32.2 Å². The van der Waals surface area contributed by atoms with E-state index in [2.05, 4.69) is 30.4 Å². The Morgan fingerprint density at radius 2 is 1.98 bits per heavy atom. The molecule has 0 unspecified atom stereocenters. The van der Waals surface area contributed by atoms with Gasteiger partial charge in [-0.2, -0.15) is 15.1 Å². The summed E-state index contributed by atoms with van der Waals surface area (Å²) in [5.74, 6) is -0.910. The first-order valence-electron chi connectivity index (χ1n) is 16.9. The lowest BCUT2D eigenvalue weighted by Gasteiger charge is -2.35. The van der Waals surface area contributed by atoms with E-state index in [0.29, 0.717) is 77.2 Å². The van der Waals surface area contributed by atoms with Crippen molar-refractivity contribution in [1.29, 1.82) is 0 Å². The van der Waals surface area contributed by atoms with Gasteiger partial charge in [0.2, 0.25) is 0 Å². The van der Waals surface area contributed by atoms with Crippen LogP contribution >= 0.6 is 11.6 Å². The van der Waals surface area contributed by atoms with Crippen LogP contribution in [0.3, 0.4) is 0 Å². The van der Waals surface area contributed by atoms with Gasteiger partial charge < -0.3 is 15.0 Å². The van der Waals surface area contributed by atoms with Crippen molar-refractivity contribution in [2.45, 2.75) is 88.1 Å². The fraction of sp³-hybridized carbons (Fsp3) is 0.559. The van der Waals surface area contributed by atoms with E-state index in [-0.39, 0.29) is 36.7 Å². The number of pyridine rings is 1. The lowest BCUT2D eigenvalue weighted by Crippen LogP contribution is -2.54. The van der Waals surface area contributed by atoms with Crippen molar-refractivity contribution in [3.05, 3.63) is 34.9 Å². The fourth-order valence-corrected chi connectivity index (χ4v) is 8.71. The second kappa shape index (κ2) is 12.0. The number of rotatable bonds is 3. The summed E-state index contributed by atoms with van der Waals surface area (Å²) in [5, 5.41) is 11.4. The maximum Gasteiger partial charge on any atom is 0.319 e. The summed E-state index contributed by atoms with van der Waals surface area (Å²) < 4.78 is 53.4. The topological polar surface area (TPSA) is 112 Å². The van der Waals surface area contributed by atoms with Crippen LogP contribution in [0.4, 0.5) is 19.0 Å². The largest absolute Gasteiger partial charge is 0.461 e. The number of hydrogen-bond acceptors (Lipinski definition) is 8. The first kappa shape index (κ1) is 31.6. The number of alkyl halides is 2. The SMILES string of the molecule is C[C@@]12CCCCN(C1)c1nc(OC[C@@]34CCCN3C[C@H](F)C4)nc3c(F)c(ncc13)-c1c(c(Cl)cc3[nH]ncc13)CCC[C@H](F)C(=O)N2. The molecule has 5 aliphatic heterocycles. The Kier molecular flexibility index (Phi) is 7.89. The molecule has 3 saturated heterocycles. The van der Waals surface area contributed by atoms with Crippen LogP contribution in [0.1, 0.15) is 63.9 Å². The number of carbonyl (C=O) groups excluding carboxylic acids is 1. The number of halogens is 4. The molecular formula is C34H38ClF3N8O2. The lowest BCUT2D eigenvalue weighted by molar-refractivity contribution is -0.128. The van der Waals surface area contributed by atoms with E-state index < -0.39 is 35.1 Å². The molecule has 5 aliphatic rings. The first-order chi connectivity index (χ1) is 23.1. The van der Waals surface area contributed by atoms with Crippen molar-refractivity contribution < 1.29 is 22.7 Å². The number of nitrogens with zero attached hydrogens (tertiary/aromatic N) is 6. The third kappa shape index (κ3) is 5.42. The number of benzene rings is 1. The highest BCUT2D eigenvalue weighted by molar-refractivity contribution is 6.33. The summed E-state index contributed by atoms with van der Waals surface area (Å²) in [6.45, 7) is 4.14. The highest BCUT2D eigenvalue weighted by Crippen LogP contribution is 2.42. The number of carbonyl (C=O) groups is 1. The number of H-pyrrole nitrogens is 1. The number of fused-ring (bicyclic) bond motifs is 8. The van der Waals surface area contributed by atoms with E-state index in [4.69, 9.17) is 21.3 Å². The van der Waals surface area contributed by atoms with Crippen LogP contribution in [0.5, 0.6) is 6.01 Å². The molecule has 0 saturated carbocycles. The second-order valence-electron chi connectivity index (χ2n) is 14.2. The summed E-state index contributed by atoms with van der Waals surface area (Å²) in [7, 11) is 0. The van der Waals surface area contributed by atoms with Gasteiger partial charge in [0, 0.05) is 48.2 Å². The summed E-state index contributed by atoms with van der Waals surface area (Å²) in [4.78, 5) is 31.5. The minimum atomic E-state index is -1.72. The monoisotopic (exact) mass is 682 g/mol. The van der Waals surface area contributed by atoms with Gasteiger partial charge in [0.1, 0.15) is 29.8 Å². The van der Waals surface area contributed by atoms with Gasteiger partial charge in [0.15, 0.2) is 12.0 Å². The third-order valence-corrected chi connectivity index (χ3v) is 11.1. The molecular weight excluding hydrogens is 645 g/mol. The molecule has 2 N–H and O–H groups in total. The normalized spacial score (nSPS) is 28.2. The van der Waals surface area contributed by atoms with E-state index in [1.807, 2.05) is 11.8 Å². The molecule has 4 aromatic rings. The molecule has 8 heterocycles. The molecule has 10 nitrogen and oxygen atoms in total. The van der Waals surface area contributed by atoms with Crippen LogP contribution in [0.25, 0.3) is 33.1 Å². The average molecular weight is 683 g/mol. The zero-order chi connectivity index (χ0) is 33.2. The average Bonchev–Trinajstić information content (AvgIpc) is 3.71. The predicted octanol–water partition coefficient (Wildman–Crippen LogP) is 5.86. The zero-order valence-corrected chi connectivity index (χ0v) is 27.6. The van der Waals surface area contributed by atoms with E-state index in [9.17, 15) is 9.18 Å². The second-order valence-corrected chi connectivity index (χ2v) is 14.6. The third-order valence-electron chi connectivity index (χ3n) is 10.8. The van der Waals surface area contributed by atoms with Gasteiger partial charge in [-0.05, 0) is 76.5 Å². The molecule has 3 aromatic heterocycles. The van der Waals surface area contributed by atoms with Crippen molar-refractivity contribution in [3.8, 4) is 17.3 Å². The zero-order valence-electron chi connectivity index (χ0n) is 26.8. The van der Waals surface area contributed by atoms with Gasteiger partial charge in [0.25, 0.3) is 5.91 Å². The highest BCUT2D eigenvalue weighted by Gasteiger charge is 2.49. The molecule has 3 fully saturated rings. The van der Waals surface area contributed by atoms with E-state index in [1.165, 1.54) is 0 Å². The molecule has 1 amide bonds. The van der Waals surface area contributed by atoms with Crippen LogP contribution in [0.15, 0.2) is 18.5 Å². The lowest BCUT2D eigenvalue weighted by atomic mass is 9.93. The number of ether oxygens (including phenoxy) is 1. The maximum atomic E-state index is 17.1. The fourth-order valence-electron chi connectivity index (χ4n) is 8.41. The van der Waals surface area contributed by atoms with Crippen molar-refractivity contribution in [2.24, 2.45) is 0 Å². The summed E-state index contributed by atoms with van der Waals surface area (Å²) in [6, 6.07) is 1.69. The molecule has 4 atom stereocenters. The Morgan fingerprint density at radius 3 is 2.85 bits per heavy atom. The number of aromatic nitrogens is 5. The highest BCUT2D eigenvalue weighted by atomic mass is 35.5. The number of hydrogen-bond donors (Lipinski definition) is 2. The first-order valence-corrected chi connectivity index (χ1v) is 17.2. The number of anilines is 1. The number of amides is 1. The molecule has 0 radical (unpaired) electrons. The van der Waals surface area contributed by atoms with E-state index in [1.54, 1.807) is 18.5 Å². The Balaban J connectivity index is 1.31. The van der Waals surface area contributed by atoms with Gasteiger partial charge in [-0.25, -0.2) is 13.2 Å². The minimum absolute atomic E-state index is 0.0169. The molecule has 254 valence electrons. The molecule has 14 heteroatoms. The van der Waals surface area contributed by atoms with Crippen LogP contribution in [0.2, 0.25) is 5.02 Å². The van der Waals surface area contributed by atoms with Crippen LogP contribution in [-0.4, -0.2) is 92.2 Å². The Bertz CT molecular complexity index is 1910. The number of nitrogens with one attached hydrogen (secondary N) is 2. The van der Waals surface area contributed by atoms with Gasteiger partial charge in [-0.3, -0.25) is 19.8 Å². The van der Waals surface area contributed by atoms with Crippen molar-refractivity contribution in [2.75, 3.05) is 37.7 Å². The summed E-state index contributed by atoms with van der Waals surface area (Å²) in [6.07, 6.45) is 5.40. The van der Waals surface area contributed by atoms with Crippen LogP contribution in [-0.2, 0) is 11.2 Å². The molecule has 0 aliphatic carbocycles. The summed E-state index contributed by atoms with van der Waals surface area (Å²) in [5.41, 5.74) is 0.439. The Hall–Kier alpha value is -3.71. The van der Waals surface area contributed by atoms with Gasteiger partial charge in [-0.1, -0.05) is 11.6 Å². The molecule has 1 aromatic carbocycles. The number of aromatic amines is 1. The predicted molar refractivity (Wildman–Crippen MR) is 176 cm³/mol. The smallest absolute Gasteiger partial charge is 0.319 e. The molecule has 0 spiro atoms. The maximum absolute atomic E-state index is 17.1. The molecule has 48 heavy (non-hydrogen) atoms. The van der Waals surface area contributed by atoms with Crippen molar-refractivity contribution >= 4 is 45.1 Å². The van der Waals surface area contributed by atoms with E-state index >= 15 is 8.78 Å². The molecule has 6 bridgehead atoms. The van der Waals surface area contributed by atoms with Crippen molar-refractivity contribution in [1.82, 2.24) is 35.4 Å². The standard InChI is InChI=1S/C34H38ClF3N8O2/c1-33-8-2-3-10-45(17-33)30-22-14-39-29(26-20(6-4-7-24(37)31(47)43-33)23(35)12-25-21(26)15-40-44-25)27(38)28(22)41-32(42-30)48-18-34-9-5-11-46(34)16-19(36)13-34/h12,14-15,19,24H,2-11,13,16-18H2,1H3,(H,40,44)(H,43,47)/t19-,24+,33-,34+/m1/s1.